The molecule has 0 radical (unpaired) electrons. The Bertz CT molecular complexity index is 1440. The minimum Gasteiger partial charge on any atom is -0.462 e. The zero-order valence-electron chi connectivity index (χ0n) is 47.9. The van der Waals surface area contributed by atoms with Gasteiger partial charge in [0.15, 0.2) is 6.10 Å². The van der Waals surface area contributed by atoms with Crippen molar-refractivity contribution in [1.29, 1.82) is 0 Å². The number of unbranched alkanes of at least 4 members (excludes halogenated alkanes) is 30. The molecule has 0 aliphatic heterocycles. The molecule has 1 unspecified atom stereocenters. The van der Waals surface area contributed by atoms with Crippen molar-refractivity contribution in [2.45, 2.75) is 297 Å². The second-order valence-corrected chi connectivity index (χ2v) is 20.3. The number of hydrogen-bond acceptors (Lipinski definition) is 6. The van der Waals surface area contributed by atoms with Gasteiger partial charge in [-0.3, -0.25) is 14.4 Å². The van der Waals surface area contributed by atoms with Crippen molar-refractivity contribution in [2.75, 3.05) is 13.2 Å². The van der Waals surface area contributed by atoms with Gasteiger partial charge < -0.3 is 14.2 Å². The molecule has 0 rings (SSSR count). The van der Waals surface area contributed by atoms with Crippen LogP contribution in [0.4, 0.5) is 0 Å². The predicted octanol–water partition coefficient (Wildman–Crippen LogP) is 20.9. The van der Waals surface area contributed by atoms with Gasteiger partial charge >= 0.3 is 17.9 Å². The van der Waals surface area contributed by atoms with Gasteiger partial charge in [-0.05, 0) is 109 Å². The van der Waals surface area contributed by atoms with Crippen LogP contribution in [-0.2, 0) is 28.6 Å². The Labute approximate surface area is 451 Å². The Morgan fingerprint density at radius 1 is 0.301 bits per heavy atom. The minimum absolute atomic E-state index is 0.0950. The van der Waals surface area contributed by atoms with Gasteiger partial charge in [-0.25, -0.2) is 0 Å². The molecule has 0 aromatic heterocycles. The molecule has 1 atom stereocenters. The molecule has 6 heteroatoms. The Hall–Kier alpha value is -3.67. The minimum atomic E-state index is -0.800. The van der Waals surface area contributed by atoms with Crippen LogP contribution in [0.15, 0.2) is 97.2 Å². The van der Waals surface area contributed by atoms with Crippen molar-refractivity contribution >= 4 is 17.9 Å². The van der Waals surface area contributed by atoms with E-state index in [1.165, 1.54) is 122 Å². The van der Waals surface area contributed by atoms with E-state index in [1.807, 2.05) is 0 Å². The normalized spacial score (nSPS) is 12.8. The van der Waals surface area contributed by atoms with Gasteiger partial charge in [-0.15, -0.1) is 0 Å². The topological polar surface area (TPSA) is 78.9 Å². The first-order valence-electron chi connectivity index (χ1n) is 30.8. The Morgan fingerprint density at radius 3 is 0.959 bits per heavy atom. The lowest BCUT2D eigenvalue weighted by atomic mass is 10.1. The van der Waals surface area contributed by atoms with Crippen molar-refractivity contribution < 1.29 is 28.6 Å². The molecular formula is C67H114O6. The standard InChI is InChI=1S/C67H114O6/c1-4-7-10-13-16-19-22-25-28-31-34-37-39-42-45-48-51-54-57-60-66(69)72-63-64(73-67(70)61-58-55-52-49-46-43-40-36-33-30-27-24-21-18-15-12-9-6-3)62-71-65(68)59-56-53-50-47-44-41-38-35-32-29-26-23-20-17-14-11-8-5-2/h7,10,16,19,24-25,27-28,30,33-38,40,64H,4-6,8-9,11-15,17-18,20-23,26,29,31-32,39,41-63H2,1-3H3/b10-7-,19-16-,27-24-,28-25-,33-30-,37-34-,38-35-,40-36-. The summed E-state index contributed by atoms with van der Waals surface area (Å²) < 4.78 is 16.9. The molecule has 0 aliphatic rings. The van der Waals surface area contributed by atoms with Crippen molar-refractivity contribution in [2.24, 2.45) is 0 Å². The molecule has 0 saturated heterocycles. The summed E-state index contributed by atoms with van der Waals surface area (Å²) in [6.07, 6.45) is 81.1. The van der Waals surface area contributed by atoms with Crippen molar-refractivity contribution in [3.8, 4) is 0 Å². The highest BCUT2D eigenvalue weighted by molar-refractivity contribution is 5.71. The second kappa shape index (κ2) is 60.9. The van der Waals surface area contributed by atoms with E-state index in [0.717, 1.165) is 128 Å². The summed E-state index contributed by atoms with van der Waals surface area (Å²) in [7, 11) is 0. The fourth-order valence-corrected chi connectivity index (χ4v) is 8.49. The lowest BCUT2D eigenvalue weighted by Gasteiger charge is -2.18. The number of carbonyl (C=O) groups is 3. The summed E-state index contributed by atoms with van der Waals surface area (Å²) in [6, 6.07) is 0. The molecule has 0 amide bonds. The van der Waals surface area contributed by atoms with E-state index in [2.05, 4.69) is 118 Å². The quantitative estimate of drug-likeness (QED) is 0.0199. The van der Waals surface area contributed by atoms with Crippen LogP contribution in [0.25, 0.3) is 0 Å². The molecular weight excluding hydrogens is 901 g/mol. The summed E-state index contributed by atoms with van der Waals surface area (Å²) in [5.41, 5.74) is 0. The number of hydrogen-bond donors (Lipinski definition) is 0. The number of carbonyl (C=O) groups excluding carboxylic acids is 3. The monoisotopic (exact) mass is 1010 g/mol. The van der Waals surface area contributed by atoms with E-state index < -0.39 is 6.10 Å². The SMILES string of the molecule is CC/C=C\C/C=C\C/C=C\C/C=C\CCCCCCCCC(=O)OCC(COC(=O)CCCCCCC/C=C\CCCCCCCCCCC)OC(=O)CCCCCCC\C=C/C=C\C=C/CCCCCCC. The molecule has 0 aromatic carbocycles. The molecule has 418 valence electrons. The van der Waals surface area contributed by atoms with Crippen molar-refractivity contribution in [1.82, 2.24) is 0 Å². The van der Waals surface area contributed by atoms with Gasteiger partial charge in [0.05, 0.1) is 0 Å². The number of ether oxygens (including phenoxy) is 3. The summed E-state index contributed by atoms with van der Waals surface area (Å²) in [5.74, 6) is -0.929. The molecule has 73 heavy (non-hydrogen) atoms. The van der Waals surface area contributed by atoms with Crippen molar-refractivity contribution in [3.05, 3.63) is 97.2 Å². The van der Waals surface area contributed by atoms with Gasteiger partial charge in [0.2, 0.25) is 0 Å². The predicted molar refractivity (Wildman–Crippen MR) is 316 cm³/mol. The van der Waals surface area contributed by atoms with Gasteiger partial charge in [-0.2, -0.15) is 0 Å². The lowest BCUT2D eigenvalue weighted by molar-refractivity contribution is -0.167. The number of esters is 3. The summed E-state index contributed by atoms with van der Waals surface area (Å²) >= 11 is 0. The second-order valence-electron chi connectivity index (χ2n) is 20.3. The summed E-state index contributed by atoms with van der Waals surface area (Å²) in [6.45, 7) is 6.50. The molecule has 0 spiro atoms. The average Bonchev–Trinajstić information content (AvgIpc) is 3.39. The molecule has 0 bridgehead atoms. The van der Waals surface area contributed by atoms with Crippen molar-refractivity contribution in [3.63, 3.8) is 0 Å². The maximum atomic E-state index is 12.9. The van der Waals surface area contributed by atoms with Crippen LogP contribution in [0.3, 0.4) is 0 Å². The van der Waals surface area contributed by atoms with Crippen LogP contribution < -0.4 is 0 Å². The van der Waals surface area contributed by atoms with Gasteiger partial charge in [-0.1, -0.05) is 259 Å². The smallest absolute Gasteiger partial charge is 0.306 e. The molecule has 0 aliphatic carbocycles. The highest BCUT2D eigenvalue weighted by Gasteiger charge is 2.19. The zero-order valence-corrected chi connectivity index (χ0v) is 47.9. The summed E-state index contributed by atoms with van der Waals surface area (Å²) in [5, 5.41) is 0. The van der Waals surface area contributed by atoms with Gasteiger partial charge in [0.1, 0.15) is 13.2 Å². The first-order valence-corrected chi connectivity index (χ1v) is 30.8. The van der Waals surface area contributed by atoms with E-state index in [0.29, 0.717) is 19.3 Å². The molecule has 0 N–H and O–H groups in total. The largest absolute Gasteiger partial charge is 0.462 e. The molecule has 0 saturated carbocycles. The van der Waals surface area contributed by atoms with Crippen LogP contribution in [0.1, 0.15) is 290 Å². The van der Waals surface area contributed by atoms with E-state index in [9.17, 15) is 14.4 Å². The number of allylic oxidation sites excluding steroid dienone is 16. The Morgan fingerprint density at radius 2 is 0.589 bits per heavy atom. The first kappa shape index (κ1) is 69.3. The first-order chi connectivity index (χ1) is 36.0. The molecule has 0 aromatic rings. The Balaban J connectivity index is 4.47. The maximum absolute atomic E-state index is 12.9. The third-order valence-corrected chi connectivity index (χ3v) is 13.1. The lowest BCUT2D eigenvalue weighted by Crippen LogP contribution is -2.30. The molecule has 6 nitrogen and oxygen atoms in total. The van der Waals surface area contributed by atoms with Gasteiger partial charge in [0.25, 0.3) is 0 Å². The molecule has 0 fully saturated rings. The Kier molecular flexibility index (Phi) is 57.8. The average molecular weight is 1020 g/mol. The third-order valence-electron chi connectivity index (χ3n) is 13.1. The van der Waals surface area contributed by atoms with Crippen LogP contribution in [-0.4, -0.2) is 37.2 Å². The van der Waals surface area contributed by atoms with E-state index in [4.69, 9.17) is 14.2 Å². The zero-order chi connectivity index (χ0) is 52.9. The van der Waals surface area contributed by atoms with E-state index >= 15 is 0 Å². The molecule has 0 heterocycles. The number of rotatable bonds is 55. The van der Waals surface area contributed by atoms with E-state index in [1.54, 1.807) is 0 Å². The third kappa shape index (κ3) is 59.1. The van der Waals surface area contributed by atoms with Crippen LogP contribution >= 0.6 is 0 Å². The van der Waals surface area contributed by atoms with E-state index in [-0.39, 0.29) is 31.1 Å². The van der Waals surface area contributed by atoms with Crippen LogP contribution in [0.5, 0.6) is 0 Å². The van der Waals surface area contributed by atoms with Crippen LogP contribution in [0, 0.1) is 0 Å². The highest BCUT2D eigenvalue weighted by atomic mass is 16.6. The maximum Gasteiger partial charge on any atom is 0.306 e. The summed E-state index contributed by atoms with van der Waals surface area (Å²) in [4.78, 5) is 38.3. The fourth-order valence-electron chi connectivity index (χ4n) is 8.49. The van der Waals surface area contributed by atoms with Crippen LogP contribution in [0.2, 0.25) is 0 Å². The van der Waals surface area contributed by atoms with Gasteiger partial charge in [0, 0.05) is 19.3 Å². The highest BCUT2D eigenvalue weighted by Crippen LogP contribution is 2.15. The fraction of sp³-hybridized carbons (Fsp3) is 0.716.